The molecule has 5 nitrogen and oxygen atoms in total. The van der Waals surface area contributed by atoms with E-state index in [1.54, 1.807) is 7.11 Å². The van der Waals surface area contributed by atoms with Gasteiger partial charge in [0.25, 0.3) is 0 Å². The Bertz CT molecular complexity index is 336. The predicted molar refractivity (Wildman–Crippen MR) is 65.5 cm³/mol. The number of ether oxygens (including phenoxy) is 1. The summed E-state index contributed by atoms with van der Waals surface area (Å²) in [5.74, 6) is 2.50. The first-order valence-corrected chi connectivity index (χ1v) is 6.09. The van der Waals surface area contributed by atoms with E-state index >= 15 is 0 Å². The first-order chi connectivity index (χ1) is 8.08. The van der Waals surface area contributed by atoms with E-state index in [0.29, 0.717) is 24.3 Å². The van der Waals surface area contributed by atoms with E-state index in [-0.39, 0.29) is 6.61 Å². The van der Waals surface area contributed by atoms with Gasteiger partial charge in [-0.15, -0.1) is 10.2 Å². The molecule has 1 rings (SSSR count). The van der Waals surface area contributed by atoms with Gasteiger partial charge < -0.3 is 14.4 Å². The molecule has 0 bridgehead atoms. The lowest BCUT2D eigenvalue weighted by atomic mass is 10.1. The van der Waals surface area contributed by atoms with Crippen LogP contribution in [0, 0.1) is 11.8 Å². The van der Waals surface area contributed by atoms with Gasteiger partial charge in [-0.1, -0.05) is 20.8 Å². The maximum atomic E-state index is 9.23. The van der Waals surface area contributed by atoms with Crippen LogP contribution in [-0.4, -0.2) is 33.6 Å². The van der Waals surface area contributed by atoms with Crippen LogP contribution in [0.4, 0.5) is 0 Å². The minimum atomic E-state index is -0.0572. The van der Waals surface area contributed by atoms with Crippen LogP contribution in [0.1, 0.15) is 32.4 Å². The van der Waals surface area contributed by atoms with E-state index in [4.69, 9.17) is 4.74 Å². The van der Waals surface area contributed by atoms with Crippen LogP contribution in [0.25, 0.3) is 0 Å². The average Bonchev–Trinajstić information content (AvgIpc) is 2.60. The van der Waals surface area contributed by atoms with Crippen LogP contribution in [0.15, 0.2) is 0 Å². The molecule has 1 atom stereocenters. The largest absolute Gasteiger partial charge is 0.388 e. The normalized spacial score (nSPS) is 13.3. The van der Waals surface area contributed by atoms with Gasteiger partial charge in [-0.3, -0.25) is 0 Å². The highest BCUT2D eigenvalue weighted by Crippen LogP contribution is 2.12. The van der Waals surface area contributed by atoms with Crippen molar-refractivity contribution >= 4 is 0 Å². The highest BCUT2D eigenvalue weighted by Gasteiger charge is 2.15. The van der Waals surface area contributed by atoms with E-state index in [2.05, 4.69) is 31.0 Å². The van der Waals surface area contributed by atoms with Crippen molar-refractivity contribution in [3.63, 3.8) is 0 Å². The molecule has 1 N–H and O–H groups in total. The summed E-state index contributed by atoms with van der Waals surface area (Å²) >= 11 is 0. The fourth-order valence-corrected chi connectivity index (χ4v) is 1.87. The fraction of sp³-hybridized carbons (Fsp3) is 0.833. The molecule has 0 radical (unpaired) electrons. The number of aliphatic hydroxyl groups excluding tert-OH is 1. The Morgan fingerprint density at radius 2 is 1.88 bits per heavy atom. The second-order valence-electron chi connectivity index (χ2n) is 4.96. The lowest BCUT2D eigenvalue weighted by Gasteiger charge is -2.14. The number of hydrogen-bond acceptors (Lipinski definition) is 4. The first kappa shape index (κ1) is 14.1. The van der Waals surface area contributed by atoms with E-state index in [1.165, 1.54) is 0 Å². The molecule has 0 aliphatic heterocycles. The molecule has 17 heavy (non-hydrogen) atoms. The number of hydrogen-bond donors (Lipinski definition) is 1. The van der Waals surface area contributed by atoms with Crippen molar-refractivity contribution in [1.29, 1.82) is 0 Å². The Morgan fingerprint density at radius 3 is 2.41 bits per heavy atom. The zero-order valence-electron chi connectivity index (χ0n) is 11.2. The molecule has 1 heterocycles. The molecule has 0 amide bonds. The number of nitrogens with zero attached hydrogens (tertiary/aromatic N) is 3. The van der Waals surface area contributed by atoms with Crippen molar-refractivity contribution in [3.8, 4) is 0 Å². The molecule has 5 heteroatoms. The van der Waals surface area contributed by atoms with Crippen LogP contribution < -0.4 is 0 Å². The topological polar surface area (TPSA) is 60.2 Å². The maximum absolute atomic E-state index is 9.23. The maximum Gasteiger partial charge on any atom is 0.158 e. The fourth-order valence-electron chi connectivity index (χ4n) is 1.87. The summed E-state index contributed by atoms with van der Waals surface area (Å²) in [5.41, 5.74) is 0. The molecule has 0 aliphatic carbocycles. The smallest absolute Gasteiger partial charge is 0.158 e. The Hall–Kier alpha value is -0.940. The van der Waals surface area contributed by atoms with Gasteiger partial charge in [0.05, 0.1) is 0 Å². The van der Waals surface area contributed by atoms with Gasteiger partial charge in [0, 0.05) is 26.7 Å². The Morgan fingerprint density at radius 1 is 1.24 bits per heavy atom. The highest BCUT2D eigenvalue weighted by molar-refractivity contribution is 4.96. The van der Waals surface area contributed by atoms with Gasteiger partial charge in [-0.25, -0.2) is 0 Å². The number of aliphatic hydroxyl groups is 1. The molecule has 0 fully saturated rings. The molecular formula is C12H23N3O2. The molecule has 0 saturated carbocycles. The molecule has 1 aromatic rings. The van der Waals surface area contributed by atoms with Crippen molar-refractivity contribution in [2.45, 2.75) is 40.3 Å². The van der Waals surface area contributed by atoms with Gasteiger partial charge >= 0.3 is 0 Å². The Balaban J connectivity index is 2.79. The molecule has 98 valence electrons. The van der Waals surface area contributed by atoms with Crippen LogP contribution >= 0.6 is 0 Å². The molecule has 0 spiro atoms. The average molecular weight is 241 g/mol. The minimum Gasteiger partial charge on any atom is -0.388 e. The van der Waals surface area contributed by atoms with E-state index in [0.717, 1.165) is 18.8 Å². The van der Waals surface area contributed by atoms with Crippen LogP contribution in [-0.2, 0) is 24.3 Å². The zero-order chi connectivity index (χ0) is 12.8. The Labute approximate surface area is 103 Å². The second kappa shape index (κ2) is 6.71. The molecule has 0 aliphatic rings. The highest BCUT2D eigenvalue weighted by atomic mass is 16.5. The quantitative estimate of drug-likeness (QED) is 0.780. The SMILES string of the molecule is COCC(C)Cc1nnc(CO)n1CC(C)C. The van der Waals surface area contributed by atoms with Gasteiger partial charge in [-0.05, 0) is 11.8 Å². The van der Waals surface area contributed by atoms with Gasteiger partial charge in [0.1, 0.15) is 12.4 Å². The summed E-state index contributed by atoms with van der Waals surface area (Å²) in [6, 6.07) is 0. The summed E-state index contributed by atoms with van der Waals surface area (Å²) in [7, 11) is 1.70. The van der Waals surface area contributed by atoms with Crippen molar-refractivity contribution in [1.82, 2.24) is 14.8 Å². The summed E-state index contributed by atoms with van der Waals surface area (Å²) in [6.07, 6.45) is 0.827. The summed E-state index contributed by atoms with van der Waals surface area (Å²) in [6.45, 7) is 7.91. The summed E-state index contributed by atoms with van der Waals surface area (Å²) in [5, 5.41) is 17.4. The molecule has 0 aromatic carbocycles. The molecule has 0 saturated heterocycles. The van der Waals surface area contributed by atoms with Crippen LogP contribution in [0.5, 0.6) is 0 Å². The van der Waals surface area contributed by atoms with Crippen molar-refractivity contribution in [2.24, 2.45) is 11.8 Å². The van der Waals surface area contributed by atoms with Gasteiger partial charge in [0.15, 0.2) is 5.82 Å². The Kier molecular flexibility index (Phi) is 5.58. The monoisotopic (exact) mass is 241 g/mol. The van der Waals surface area contributed by atoms with Crippen molar-refractivity contribution in [3.05, 3.63) is 11.6 Å². The summed E-state index contributed by atoms with van der Waals surface area (Å²) < 4.78 is 7.15. The third-order valence-electron chi connectivity index (χ3n) is 2.58. The van der Waals surface area contributed by atoms with E-state index in [1.807, 2.05) is 4.57 Å². The van der Waals surface area contributed by atoms with Crippen molar-refractivity contribution in [2.75, 3.05) is 13.7 Å². The molecule has 1 aromatic heterocycles. The second-order valence-corrected chi connectivity index (χ2v) is 4.96. The standard InChI is InChI=1S/C12H23N3O2/c1-9(2)6-15-11(5-10(3)8-17-4)13-14-12(15)7-16/h9-10,16H,5-8H2,1-4H3. The van der Waals surface area contributed by atoms with Crippen LogP contribution in [0.3, 0.4) is 0 Å². The van der Waals surface area contributed by atoms with E-state index in [9.17, 15) is 5.11 Å². The zero-order valence-corrected chi connectivity index (χ0v) is 11.2. The lowest BCUT2D eigenvalue weighted by molar-refractivity contribution is 0.158. The third-order valence-corrected chi connectivity index (χ3v) is 2.58. The third kappa shape index (κ3) is 4.09. The summed E-state index contributed by atoms with van der Waals surface area (Å²) in [4.78, 5) is 0. The van der Waals surface area contributed by atoms with Crippen molar-refractivity contribution < 1.29 is 9.84 Å². The number of rotatable bonds is 7. The molecular weight excluding hydrogens is 218 g/mol. The number of aromatic nitrogens is 3. The van der Waals surface area contributed by atoms with Gasteiger partial charge in [-0.2, -0.15) is 0 Å². The first-order valence-electron chi connectivity index (χ1n) is 6.09. The number of methoxy groups -OCH3 is 1. The molecule has 1 unspecified atom stereocenters. The predicted octanol–water partition coefficient (Wildman–Crippen LogP) is 1.25. The minimum absolute atomic E-state index is 0.0572. The van der Waals surface area contributed by atoms with Gasteiger partial charge in [0.2, 0.25) is 0 Å². The van der Waals surface area contributed by atoms with E-state index < -0.39 is 0 Å². The van der Waals surface area contributed by atoms with Crippen LogP contribution in [0.2, 0.25) is 0 Å². The lowest BCUT2D eigenvalue weighted by Crippen LogP contribution is -2.16.